The van der Waals surface area contributed by atoms with E-state index in [0.717, 1.165) is 0 Å². The fourth-order valence-corrected chi connectivity index (χ4v) is 2.36. The van der Waals surface area contributed by atoms with E-state index in [4.69, 9.17) is 5.73 Å². The van der Waals surface area contributed by atoms with Gasteiger partial charge in [0.25, 0.3) is 0 Å². The third kappa shape index (κ3) is 4.42. The van der Waals surface area contributed by atoms with Gasteiger partial charge < -0.3 is 15.4 Å². The zero-order chi connectivity index (χ0) is 19.4. The Hall–Kier alpha value is -3.28. The molecule has 0 radical (unpaired) electrons. The summed E-state index contributed by atoms with van der Waals surface area (Å²) in [5.74, 6) is 0.566. The molecule has 0 atom stereocenters. The molecule has 0 aliphatic rings. The molecule has 2 aromatic rings. The summed E-state index contributed by atoms with van der Waals surface area (Å²) >= 11 is 0. The molecule has 0 spiro atoms. The van der Waals surface area contributed by atoms with E-state index in [0.29, 0.717) is 22.6 Å². The number of halogens is 2. The summed E-state index contributed by atoms with van der Waals surface area (Å²) in [7, 11) is 3.48. The predicted octanol–water partition coefficient (Wildman–Crippen LogP) is 2.80. The van der Waals surface area contributed by atoms with Crippen molar-refractivity contribution in [1.82, 2.24) is 15.0 Å². The van der Waals surface area contributed by atoms with Crippen LogP contribution >= 0.6 is 0 Å². The number of hydrogen-bond donors (Lipinski definition) is 1. The highest BCUT2D eigenvalue weighted by Gasteiger charge is 2.14. The van der Waals surface area contributed by atoms with Crippen LogP contribution in [0.25, 0.3) is 11.6 Å². The van der Waals surface area contributed by atoms with Gasteiger partial charge in [0.05, 0.1) is 5.57 Å². The van der Waals surface area contributed by atoms with Crippen LogP contribution < -0.4 is 15.4 Å². The summed E-state index contributed by atoms with van der Waals surface area (Å²) < 4.78 is 29.5. The minimum absolute atomic E-state index is 0.00658. The van der Waals surface area contributed by atoms with E-state index in [2.05, 4.69) is 19.7 Å². The second kappa shape index (κ2) is 7.74. The standard InChI is InChI=1S/C17H18F2N6O/c1-9-5-11(6-10(2)13(9)26-15(18)19)7-12(8-20)14-22-16(21)24-17(23-14)25(3)4/h5-7,15H,1-4H3,(H2,21,22,23,24). The minimum Gasteiger partial charge on any atom is -0.434 e. The minimum atomic E-state index is -2.90. The molecular weight excluding hydrogens is 342 g/mol. The summed E-state index contributed by atoms with van der Waals surface area (Å²) in [4.78, 5) is 13.8. The van der Waals surface area contributed by atoms with E-state index in [1.54, 1.807) is 51.1 Å². The summed E-state index contributed by atoms with van der Waals surface area (Å²) in [6, 6.07) is 5.31. The Bertz CT molecular complexity index is 866. The monoisotopic (exact) mass is 360 g/mol. The highest BCUT2D eigenvalue weighted by Crippen LogP contribution is 2.28. The van der Waals surface area contributed by atoms with Crippen molar-refractivity contribution in [2.45, 2.75) is 20.5 Å². The lowest BCUT2D eigenvalue weighted by Crippen LogP contribution is -2.15. The van der Waals surface area contributed by atoms with Gasteiger partial charge in [-0.3, -0.25) is 0 Å². The van der Waals surface area contributed by atoms with Crippen LogP contribution in [0.1, 0.15) is 22.5 Å². The van der Waals surface area contributed by atoms with Gasteiger partial charge in [-0.05, 0) is 48.7 Å². The second-order valence-corrected chi connectivity index (χ2v) is 5.74. The fourth-order valence-electron chi connectivity index (χ4n) is 2.36. The number of alkyl halides is 2. The van der Waals surface area contributed by atoms with Crippen molar-refractivity contribution < 1.29 is 13.5 Å². The highest BCUT2D eigenvalue weighted by atomic mass is 19.3. The van der Waals surface area contributed by atoms with Gasteiger partial charge in [0.2, 0.25) is 11.9 Å². The number of aryl methyl sites for hydroxylation is 2. The average Bonchev–Trinajstić information content (AvgIpc) is 2.55. The number of rotatable bonds is 5. The number of nitrogens with zero attached hydrogens (tertiary/aromatic N) is 5. The van der Waals surface area contributed by atoms with Gasteiger partial charge in [0, 0.05) is 14.1 Å². The summed E-state index contributed by atoms with van der Waals surface area (Å²) in [5.41, 5.74) is 7.53. The van der Waals surface area contributed by atoms with Crippen molar-refractivity contribution in [3.63, 3.8) is 0 Å². The molecule has 0 bridgehead atoms. The van der Waals surface area contributed by atoms with Crippen molar-refractivity contribution >= 4 is 23.5 Å². The van der Waals surface area contributed by atoms with Crippen LogP contribution in [-0.4, -0.2) is 35.7 Å². The number of nitrogen functional groups attached to an aromatic ring is 1. The summed E-state index contributed by atoms with van der Waals surface area (Å²) in [6.07, 6.45) is 1.56. The Morgan fingerprint density at radius 1 is 1.23 bits per heavy atom. The van der Waals surface area contributed by atoms with E-state index in [-0.39, 0.29) is 23.1 Å². The Labute approximate surface area is 149 Å². The maximum absolute atomic E-state index is 12.5. The summed E-state index contributed by atoms with van der Waals surface area (Å²) in [6.45, 7) is 0.402. The van der Waals surface area contributed by atoms with Gasteiger partial charge in [-0.25, -0.2) is 0 Å². The van der Waals surface area contributed by atoms with Crippen LogP contribution in [0.2, 0.25) is 0 Å². The molecule has 2 N–H and O–H groups in total. The average molecular weight is 360 g/mol. The molecule has 9 heteroatoms. The molecule has 0 saturated carbocycles. The van der Waals surface area contributed by atoms with Crippen LogP contribution in [0.5, 0.6) is 5.75 Å². The first kappa shape index (κ1) is 19.1. The topological polar surface area (TPSA) is 101 Å². The normalized spacial score (nSPS) is 11.4. The predicted molar refractivity (Wildman–Crippen MR) is 94.6 cm³/mol. The quantitative estimate of drug-likeness (QED) is 0.818. The van der Waals surface area contributed by atoms with Gasteiger partial charge in [-0.15, -0.1) is 0 Å². The molecule has 0 saturated heterocycles. The van der Waals surface area contributed by atoms with Crippen molar-refractivity contribution in [3.05, 3.63) is 34.6 Å². The molecule has 0 unspecified atom stereocenters. The molecular formula is C17H18F2N6O. The molecule has 0 aliphatic carbocycles. The third-order valence-electron chi connectivity index (χ3n) is 3.40. The largest absolute Gasteiger partial charge is 0.434 e. The lowest BCUT2D eigenvalue weighted by Gasteiger charge is -2.13. The van der Waals surface area contributed by atoms with Gasteiger partial charge in [0.15, 0.2) is 5.82 Å². The van der Waals surface area contributed by atoms with E-state index >= 15 is 0 Å². The molecule has 136 valence electrons. The summed E-state index contributed by atoms with van der Waals surface area (Å²) in [5, 5.41) is 9.48. The van der Waals surface area contributed by atoms with Crippen molar-refractivity contribution in [2.24, 2.45) is 0 Å². The Kier molecular flexibility index (Phi) is 5.67. The number of hydrogen-bond acceptors (Lipinski definition) is 7. The first-order chi connectivity index (χ1) is 12.2. The van der Waals surface area contributed by atoms with E-state index < -0.39 is 6.61 Å². The van der Waals surface area contributed by atoms with Crippen LogP contribution in [0.4, 0.5) is 20.7 Å². The molecule has 1 heterocycles. The van der Waals surface area contributed by atoms with Gasteiger partial charge in [-0.1, -0.05) is 0 Å². The van der Waals surface area contributed by atoms with Crippen LogP contribution in [0.3, 0.4) is 0 Å². The third-order valence-corrected chi connectivity index (χ3v) is 3.40. The second-order valence-electron chi connectivity index (χ2n) is 5.74. The number of anilines is 2. The number of nitriles is 1. The van der Waals surface area contributed by atoms with E-state index in [9.17, 15) is 14.0 Å². The number of aromatic nitrogens is 3. The number of nitrogens with two attached hydrogens (primary N) is 1. The first-order valence-electron chi connectivity index (χ1n) is 7.58. The van der Waals surface area contributed by atoms with Crippen molar-refractivity contribution in [2.75, 3.05) is 24.7 Å². The van der Waals surface area contributed by atoms with E-state index in [1.807, 2.05) is 6.07 Å². The lowest BCUT2D eigenvalue weighted by atomic mass is 10.0. The SMILES string of the molecule is Cc1cc(C=C(C#N)c2nc(N)nc(N(C)C)n2)cc(C)c1OC(F)F. The molecule has 0 aliphatic heterocycles. The molecule has 7 nitrogen and oxygen atoms in total. The Morgan fingerprint density at radius 2 is 1.85 bits per heavy atom. The number of allylic oxidation sites excluding steroid dienone is 1. The molecule has 0 fully saturated rings. The van der Waals surface area contributed by atoms with Gasteiger partial charge in [-0.2, -0.15) is 29.0 Å². The molecule has 1 aromatic carbocycles. The smallest absolute Gasteiger partial charge is 0.387 e. The zero-order valence-corrected chi connectivity index (χ0v) is 14.8. The van der Waals surface area contributed by atoms with Crippen LogP contribution in [0.15, 0.2) is 12.1 Å². The lowest BCUT2D eigenvalue weighted by molar-refractivity contribution is -0.0507. The van der Waals surface area contributed by atoms with Crippen LogP contribution in [0, 0.1) is 25.2 Å². The Morgan fingerprint density at radius 3 is 2.35 bits per heavy atom. The molecule has 0 amide bonds. The van der Waals surface area contributed by atoms with Gasteiger partial charge in [0.1, 0.15) is 11.8 Å². The zero-order valence-electron chi connectivity index (χ0n) is 14.8. The Balaban J connectivity index is 2.49. The first-order valence-corrected chi connectivity index (χ1v) is 7.58. The molecule has 1 aromatic heterocycles. The van der Waals surface area contributed by atoms with Gasteiger partial charge >= 0.3 is 6.61 Å². The highest BCUT2D eigenvalue weighted by molar-refractivity contribution is 5.87. The maximum atomic E-state index is 12.5. The van der Waals surface area contributed by atoms with Crippen molar-refractivity contribution in [1.29, 1.82) is 5.26 Å². The number of benzene rings is 1. The van der Waals surface area contributed by atoms with Crippen LogP contribution in [-0.2, 0) is 0 Å². The fraction of sp³-hybridized carbons (Fsp3) is 0.294. The molecule has 2 rings (SSSR count). The maximum Gasteiger partial charge on any atom is 0.387 e. The van der Waals surface area contributed by atoms with E-state index in [1.165, 1.54) is 0 Å². The molecule has 26 heavy (non-hydrogen) atoms. The van der Waals surface area contributed by atoms with Crippen molar-refractivity contribution in [3.8, 4) is 11.8 Å². The number of ether oxygens (including phenoxy) is 1.